The standard InChI is InChI=1S/C18H33N/c1-3-19-18(17-13-11-15(2)12-14-17)16-9-7-5-4-6-8-10-16/h9,15,17-19H,3-8,10-14H2,1-2H3. The van der Waals surface area contributed by atoms with Crippen LogP contribution in [0.15, 0.2) is 11.6 Å². The van der Waals surface area contributed by atoms with E-state index in [0.717, 1.165) is 18.4 Å². The van der Waals surface area contributed by atoms with E-state index in [-0.39, 0.29) is 0 Å². The second kappa shape index (κ2) is 8.09. The summed E-state index contributed by atoms with van der Waals surface area (Å²) in [6, 6.07) is 0.690. The van der Waals surface area contributed by atoms with Gasteiger partial charge in [0.05, 0.1) is 0 Å². The molecule has 0 spiro atoms. The quantitative estimate of drug-likeness (QED) is 0.698. The number of allylic oxidation sites excluding steroid dienone is 1. The average Bonchev–Trinajstić information content (AvgIpc) is 2.38. The van der Waals surface area contributed by atoms with Gasteiger partial charge in [0.1, 0.15) is 0 Å². The van der Waals surface area contributed by atoms with Gasteiger partial charge in [-0.25, -0.2) is 0 Å². The predicted octanol–water partition coefficient (Wildman–Crippen LogP) is 5.07. The lowest BCUT2D eigenvalue weighted by atomic mass is 9.76. The molecule has 0 aromatic heterocycles. The molecule has 2 rings (SSSR count). The highest BCUT2D eigenvalue weighted by atomic mass is 14.9. The SMILES string of the molecule is CCNC(C1=CCCCCCC1)C1CCC(C)CC1. The Bertz CT molecular complexity index is 273. The lowest BCUT2D eigenvalue weighted by Crippen LogP contribution is -2.39. The molecule has 0 radical (unpaired) electrons. The first-order valence-electron chi connectivity index (χ1n) is 8.73. The van der Waals surface area contributed by atoms with Gasteiger partial charge in [-0.2, -0.15) is 0 Å². The van der Waals surface area contributed by atoms with Gasteiger partial charge in [0.2, 0.25) is 0 Å². The van der Waals surface area contributed by atoms with Gasteiger partial charge in [-0.1, -0.05) is 51.2 Å². The third-order valence-corrected chi connectivity index (χ3v) is 5.18. The number of rotatable bonds is 4. The molecular weight excluding hydrogens is 230 g/mol. The second-order valence-corrected chi connectivity index (χ2v) is 6.79. The van der Waals surface area contributed by atoms with Gasteiger partial charge in [0.15, 0.2) is 0 Å². The Hall–Kier alpha value is -0.300. The molecule has 1 nitrogen and oxygen atoms in total. The van der Waals surface area contributed by atoms with Crippen LogP contribution < -0.4 is 5.32 Å². The minimum absolute atomic E-state index is 0.690. The minimum atomic E-state index is 0.690. The zero-order chi connectivity index (χ0) is 13.5. The third kappa shape index (κ3) is 4.63. The molecule has 0 aliphatic heterocycles. The number of hydrogen-bond donors (Lipinski definition) is 1. The first kappa shape index (κ1) is 15.1. The van der Waals surface area contributed by atoms with E-state index in [1.807, 2.05) is 0 Å². The van der Waals surface area contributed by atoms with E-state index >= 15 is 0 Å². The molecule has 0 heterocycles. The van der Waals surface area contributed by atoms with E-state index in [0.29, 0.717) is 6.04 Å². The molecule has 0 aromatic carbocycles. The van der Waals surface area contributed by atoms with Crippen LogP contribution in [0.3, 0.4) is 0 Å². The number of nitrogens with one attached hydrogen (secondary N) is 1. The van der Waals surface area contributed by atoms with Gasteiger partial charge in [0.25, 0.3) is 0 Å². The Morgan fingerprint density at radius 3 is 2.58 bits per heavy atom. The van der Waals surface area contributed by atoms with Crippen LogP contribution in [0.1, 0.15) is 78.1 Å². The second-order valence-electron chi connectivity index (χ2n) is 6.79. The van der Waals surface area contributed by atoms with Gasteiger partial charge in [-0.15, -0.1) is 0 Å². The zero-order valence-electron chi connectivity index (χ0n) is 13.1. The fraction of sp³-hybridized carbons (Fsp3) is 0.889. The fourth-order valence-electron chi connectivity index (χ4n) is 3.94. The van der Waals surface area contributed by atoms with E-state index < -0.39 is 0 Å². The van der Waals surface area contributed by atoms with Gasteiger partial charge in [-0.3, -0.25) is 0 Å². The Morgan fingerprint density at radius 1 is 1.11 bits per heavy atom. The molecule has 0 bridgehead atoms. The zero-order valence-corrected chi connectivity index (χ0v) is 13.1. The fourth-order valence-corrected chi connectivity index (χ4v) is 3.94. The van der Waals surface area contributed by atoms with Crippen molar-refractivity contribution >= 4 is 0 Å². The third-order valence-electron chi connectivity index (χ3n) is 5.18. The summed E-state index contributed by atoms with van der Waals surface area (Å²) in [6.45, 7) is 5.81. The van der Waals surface area contributed by atoms with E-state index in [9.17, 15) is 0 Å². The van der Waals surface area contributed by atoms with Crippen molar-refractivity contribution in [3.05, 3.63) is 11.6 Å². The molecular formula is C18H33N. The van der Waals surface area contributed by atoms with Crippen molar-refractivity contribution in [3.8, 4) is 0 Å². The molecule has 1 heteroatoms. The van der Waals surface area contributed by atoms with E-state index in [2.05, 4.69) is 25.2 Å². The van der Waals surface area contributed by atoms with Crippen LogP contribution in [0.5, 0.6) is 0 Å². The largest absolute Gasteiger partial charge is 0.310 e. The molecule has 1 unspecified atom stereocenters. The van der Waals surface area contributed by atoms with Crippen molar-refractivity contribution < 1.29 is 0 Å². The summed E-state index contributed by atoms with van der Waals surface area (Å²) < 4.78 is 0. The number of likely N-dealkylation sites (N-methyl/N-ethyl adjacent to an activating group) is 1. The molecule has 2 aliphatic rings. The van der Waals surface area contributed by atoms with Crippen molar-refractivity contribution in [1.82, 2.24) is 5.32 Å². The molecule has 1 fully saturated rings. The van der Waals surface area contributed by atoms with Crippen molar-refractivity contribution in [2.24, 2.45) is 11.8 Å². The smallest absolute Gasteiger partial charge is 0.0307 e. The van der Waals surface area contributed by atoms with Crippen molar-refractivity contribution in [2.75, 3.05) is 6.54 Å². The van der Waals surface area contributed by atoms with E-state index in [4.69, 9.17) is 0 Å². The van der Waals surface area contributed by atoms with E-state index in [1.165, 1.54) is 64.2 Å². The Kier molecular flexibility index (Phi) is 6.43. The number of hydrogen-bond acceptors (Lipinski definition) is 1. The highest BCUT2D eigenvalue weighted by molar-refractivity contribution is 5.14. The summed E-state index contributed by atoms with van der Waals surface area (Å²) in [5.41, 5.74) is 1.75. The molecule has 19 heavy (non-hydrogen) atoms. The van der Waals surface area contributed by atoms with Crippen LogP contribution >= 0.6 is 0 Å². The normalized spacial score (nSPS) is 31.2. The maximum atomic E-state index is 3.82. The molecule has 1 atom stereocenters. The van der Waals surface area contributed by atoms with Crippen molar-refractivity contribution in [1.29, 1.82) is 0 Å². The van der Waals surface area contributed by atoms with Crippen LogP contribution in [-0.4, -0.2) is 12.6 Å². The first-order chi connectivity index (χ1) is 9.31. The summed E-state index contributed by atoms with van der Waals surface area (Å²) in [7, 11) is 0. The summed E-state index contributed by atoms with van der Waals surface area (Å²) in [6.07, 6.45) is 16.7. The van der Waals surface area contributed by atoms with Crippen molar-refractivity contribution in [3.63, 3.8) is 0 Å². The molecule has 1 N–H and O–H groups in total. The van der Waals surface area contributed by atoms with E-state index in [1.54, 1.807) is 5.57 Å². The molecule has 0 aromatic rings. The highest BCUT2D eigenvalue weighted by Crippen LogP contribution is 2.34. The molecule has 0 saturated heterocycles. The van der Waals surface area contributed by atoms with Crippen LogP contribution in [-0.2, 0) is 0 Å². The topological polar surface area (TPSA) is 12.0 Å². The maximum absolute atomic E-state index is 3.82. The summed E-state index contributed by atoms with van der Waals surface area (Å²) in [5.74, 6) is 1.87. The minimum Gasteiger partial charge on any atom is -0.310 e. The predicted molar refractivity (Wildman–Crippen MR) is 84.4 cm³/mol. The highest BCUT2D eigenvalue weighted by Gasteiger charge is 2.27. The van der Waals surface area contributed by atoms with Crippen LogP contribution in [0.2, 0.25) is 0 Å². The van der Waals surface area contributed by atoms with Gasteiger partial charge in [0, 0.05) is 6.04 Å². The maximum Gasteiger partial charge on any atom is 0.0307 e. The monoisotopic (exact) mass is 263 g/mol. The lowest BCUT2D eigenvalue weighted by molar-refractivity contribution is 0.245. The van der Waals surface area contributed by atoms with Gasteiger partial charge >= 0.3 is 0 Å². The van der Waals surface area contributed by atoms with Gasteiger partial charge < -0.3 is 5.32 Å². The molecule has 2 aliphatic carbocycles. The summed E-state index contributed by atoms with van der Waals surface area (Å²) in [5, 5.41) is 3.82. The first-order valence-corrected chi connectivity index (χ1v) is 8.73. The molecule has 0 amide bonds. The van der Waals surface area contributed by atoms with Crippen molar-refractivity contribution in [2.45, 2.75) is 84.1 Å². The summed E-state index contributed by atoms with van der Waals surface area (Å²) >= 11 is 0. The van der Waals surface area contributed by atoms with Gasteiger partial charge in [-0.05, 0) is 56.9 Å². The van der Waals surface area contributed by atoms with Crippen LogP contribution in [0, 0.1) is 11.8 Å². The molecule has 110 valence electrons. The summed E-state index contributed by atoms with van der Waals surface area (Å²) in [4.78, 5) is 0. The average molecular weight is 263 g/mol. The van der Waals surface area contributed by atoms with Crippen LogP contribution in [0.4, 0.5) is 0 Å². The Balaban J connectivity index is 2.00. The van der Waals surface area contributed by atoms with Crippen LogP contribution in [0.25, 0.3) is 0 Å². The Morgan fingerprint density at radius 2 is 1.84 bits per heavy atom. The molecule has 1 saturated carbocycles. The lowest BCUT2D eigenvalue weighted by Gasteiger charge is -2.35. The Labute approximate surface area is 120 Å².